The van der Waals surface area contributed by atoms with Crippen LogP contribution in [-0.4, -0.2) is 36.5 Å². The van der Waals surface area contributed by atoms with Crippen LogP contribution in [0.3, 0.4) is 0 Å². The highest BCUT2D eigenvalue weighted by Crippen LogP contribution is 2.32. The first-order valence-electron chi connectivity index (χ1n) is 8.94. The summed E-state index contributed by atoms with van der Waals surface area (Å²) in [7, 11) is 3.62. The maximum Gasteiger partial charge on any atom is 0.327 e. The van der Waals surface area contributed by atoms with Gasteiger partial charge in [-0.3, -0.25) is 9.59 Å². The van der Waals surface area contributed by atoms with Gasteiger partial charge in [0, 0.05) is 19.0 Å². The number of rotatable bonds is 7. The van der Waals surface area contributed by atoms with Gasteiger partial charge >= 0.3 is 5.97 Å². The van der Waals surface area contributed by atoms with Gasteiger partial charge < -0.3 is 14.4 Å². The van der Waals surface area contributed by atoms with Gasteiger partial charge in [0.2, 0.25) is 0 Å². The van der Waals surface area contributed by atoms with Crippen molar-refractivity contribution in [1.82, 2.24) is 9.78 Å². The zero-order chi connectivity index (χ0) is 20.3. The predicted octanol–water partition coefficient (Wildman–Crippen LogP) is 2.97. The molecule has 28 heavy (non-hydrogen) atoms. The van der Waals surface area contributed by atoms with Crippen molar-refractivity contribution in [3.8, 4) is 5.75 Å². The normalized spacial score (nSPS) is 10.9. The van der Waals surface area contributed by atoms with E-state index in [0.717, 1.165) is 21.7 Å². The highest BCUT2D eigenvalue weighted by Gasteiger charge is 2.16. The topological polar surface area (TPSA) is 73.7 Å². The zero-order valence-electron chi connectivity index (χ0n) is 16.4. The number of aryl methyl sites for hydroxylation is 1. The van der Waals surface area contributed by atoms with E-state index in [1.807, 2.05) is 44.3 Å². The molecule has 0 N–H and O–H groups in total. The molecule has 0 aliphatic heterocycles. The smallest absolute Gasteiger partial charge is 0.327 e. The Labute approximate surface area is 167 Å². The number of anilines is 1. The van der Waals surface area contributed by atoms with Crippen LogP contribution in [0.2, 0.25) is 0 Å². The summed E-state index contributed by atoms with van der Waals surface area (Å²) in [6.07, 6.45) is 0. The van der Waals surface area contributed by atoms with Gasteiger partial charge in [0.1, 0.15) is 17.0 Å². The first-order valence-corrected chi connectivity index (χ1v) is 9.75. The molecule has 0 fully saturated rings. The summed E-state index contributed by atoms with van der Waals surface area (Å²) in [4.78, 5) is 26.6. The van der Waals surface area contributed by atoms with Gasteiger partial charge in [-0.15, -0.1) is 11.3 Å². The van der Waals surface area contributed by atoms with E-state index in [1.54, 1.807) is 14.0 Å². The van der Waals surface area contributed by atoms with Crippen LogP contribution >= 0.6 is 11.3 Å². The number of methoxy groups -OCH3 is 1. The van der Waals surface area contributed by atoms with E-state index in [-0.39, 0.29) is 18.7 Å². The Morgan fingerprint density at radius 1 is 1.29 bits per heavy atom. The lowest BCUT2D eigenvalue weighted by molar-refractivity contribution is -0.144. The molecule has 0 bridgehead atoms. The number of fused-ring (bicyclic) bond motifs is 1. The maximum atomic E-state index is 12.8. The molecular formula is C20H23N3O4S. The van der Waals surface area contributed by atoms with Crippen LogP contribution in [0, 0.1) is 6.92 Å². The van der Waals surface area contributed by atoms with Crippen molar-refractivity contribution < 1.29 is 14.3 Å². The number of carbonyl (C=O) groups is 1. The third-order valence-electron chi connectivity index (χ3n) is 4.35. The number of nitrogens with zero attached hydrogens (tertiary/aromatic N) is 3. The number of aromatic nitrogens is 2. The molecule has 7 nitrogen and oxygen atoms in total. The minimum absolute atomic E-state index is 0.182. The molecule has 0 saturated heterocycles. The fourth-order valence-corrected chi connectivity index (χ4v) is 4.03. The molecule has 0 aliphatic carbocycles. The lowest BCUT2D eigenvalue weighted by Gasteiger charge is -2.17. The van der Waals surface area contributed by atoms with E-state index in [0.29, 0.717) is 16.9 Å². The molecule has 3 rings (SSSR count). The number of hydrogen-bond acceptors (Lipinski definition) is 7. The van der Waals surface area contributed by atoms with Crippen LogP contribution in [0.4, 0.5) is 5.00 Å². The van der Waals surface area contributed by atoms with E-state index in [4.69, 9.17) is 9.47 Å². The monoisotopic (exact) mass is 401 g/mol. The van der Waals surface area contributed by atoms with Gasteiger partial charge in [-0.2, -0.15) is 5.10 Å². The molecule has 0 spiro atoms. The van der Waals surface area contributed by atoms with Crippen molar-refractivity contribution in [2.45, 2.75) is 26.9 Å². The summed E-state index contributed by atoms with van der Waals surface area (Å²) in [5.74, 6) is 0.348. The Kier molecular flexibility index (Phi) is 5.99. The predicted molar refractivity (Wildman–Crippen MR) is 110 cm³/mol. The van der Waals surface area contributed by atoms with Crippen molar-refractivity contribution in [1.29, 1.82) is 0 Å². The van der Waals surface area contributed by atoms with E-state index in [2.05, 4.69) is 10.00 Å². The number of thiophene rings is 1. The molecule has 8 heteroatoms. The summed E-state index contributed by atoms with van der Waals surface area (Å²) in [5.41, 5.74) is 1.57. The lowest BCUT2D eigenvalue weighted by Crippen LogP contribution is -2.28. The summed E-state index contributed by atoms with van der Waals surface area (Å²) in [5, 5.41) is 6.05. The van der Waals surface area contributed by atoms with Crippen molar-refractivity contribution >= 4 is 32.4 Å². The van der Waals surface area contributed by atoms with Gasteiger partial charge in [-0.25, -0.2) is 4.68 Å². The molecule has 2 aromatic heterocycles. The van der Waals surface area contributed by atoms with Gasteiger partial charge in [0.15, 0.2) is 0 Å². The van der Waals surface area contributed by atoms with Crippen LogP contribution in [0.5, 0.6) is 5.75 Å². The second kappa shape index (κ2) is 8.43. The summed E-state index contributed by atoms with van der Waals surface area (Å²) in [6.45, 7) is 4.35. The van der Waals surface area contributed by atoms with E-state index in [1.165, 1.54) is 16.0 Å². The minimum Gasteiger partial charge on any atom is -0.497 e. The van der Waals surface area contributed by atoms with Gasteiger partial charge in [0.05, 0.1) is 24.4 Å². The van der Waals surface area contributed by atoms with Crippen molar-refractivity contribution in [3.63, 3.8) is 0 Å². The largest absolute Gasteiger partial charge is 0.497 e. The van der Waals surface area contributed by atoms with Crippen LogP contribution < -0.4 is 15.2 Å². The third kappa shape index (κ3) is 4.17. The molecule has 148 valence electrons. The van der Waals surface area contributed by atoms with Crippen LogP contribution in [0.1, 0.15) is 18.2 Å². The van der Waals surface area contributed by atoms with Gasteiger partial charge in [-0.1, -0.05) is 12.1 Å². The van der Waals surface area contributed by atoms with Crippen LogP contribution in [0.15, 0.2) is 35.1 Å². The fraction of sp³-hybridized carbons (Fsp3) is 0.350. The first kappa shape index (κ1) is 19.9. The number of esters is 1. The van der Waals surface area contributed by atoms with E-state index >= 15 is 0 Å². The summed E-state index contributed by atoms with van der Waals surface area (Å²) in [6, 6.07) is 9.86. The molecule has 0 amide bonds. The SMILES string of the molecule is CCOC(=O)Cn1nc(C)c2cc(N(C)Cc3ccc(OC)cc3)sc2c1=O. The third-order valence-corrected chi connectivity index (χ3v) is 5.58. The fourth-order valence-electron chi connectivity index (χ4n) is 2.91. The molecule has 0 atom stereocenters. The van der Waals surface area contributed by atoms with Crippen molar-refractivity contribution in [2.75, 3.05) is 25.7 Å². The summed E-state index contributed by atoms with van der Waals surface area (Å²) >= 11 is 1.40. The number of carbonyl (C=O) groups excluding carboxylic acids is 1. The first-order chi connectivity index (χ1) is 13.4. The molecule has 2 heterocycles. The molecule has 1 aromatic carbocycles. The van der Waals surface area contributed by atoms with E-state index in [9.17, 15) is 9.59 Å². The Hall–Kier alpha value is -2.87. The second-order valence-corrected chi connectivity index (χ2v) is 7.42. The van der Waals surface area contributed by atoms with Gasteiger partial charge in [0.25, 0.3) is 5.56 Å². The molecule has 0 radical (unpaired) electrons. The molecular weight excluding hydrogens is 378 g/mol. The number of hydrogen-bond donors (Lipinski definition) is 0. The average molecular weight is 401 g/mol. The van der Waals surface area contributed by atoms with E-state index < -0.39 is 5.97 Å². The molecule has 0 saturated carbocycles. The van der Waals surface area contributed by atoms with Crippen molar-refractivity contribution in [3.05, 3.63) is 51.9 Å². The lowest BCUT2D eigenvalue weighted by atomic mass is 10.2. The molecule has 0 aliphatic rings. The maximum absolute atomic E-state index is 12.8. The molecule has 0 unspecified atom stereocenters. The number of benzene rings is 1. The Morgan fingerprint density at radius 3 is 2.64 bits per heavy atom. The Balaban J connectivity index is 1.88. The second-order valence-electron chi connectivity index (χ2n) is 6.38. The number of ether oxygens (including phenoxy) is 2. The minimum atomic E-state index is -0.468. The highest BCUT2D eigenvalue weighted by molar-refractivity contribution is 7.22. The Morgan fingerprint density at radius 2 is 2.00 bits per heavy atom. The van der Waals surface area contributed by atoms with Crippen LogP contribution in [-0.2, 0) is 22.6 Å². The van der Waals surface area contributed by atoms with Crippen LogP contribution in [0.25, 0.3) is 10.1 Å². The average Bonchev–Trinajstić information content (AvgIpc) is 3.13. The summed E-state index contributed by atoms with van der Waals surface area (Å²) < 4.78 is 11.9. The highest BCUT2D eigenvalue weighted by atomic mass is 32.1. The standard InChI is InChI=1S/C20H23N3O4S/c1-5-27-18(24)12-23-20(25)19-16(13(2)21-23)10-17(28-19)22(3)11-14-6-8-15(26-4)9-7-14/h6-10H,5,11-12H2,1-4H3. The van der Waals surface area contributed by atoms with Crippen molar-refractivity contribution in [2.24, 2.45) is 0 Å². The molecule has 3 aromatic rings. The van der Waals surface area contributed by atoms with Gasteiger partial charge in [-0.05, 0) is 37.6 Å². The Bertz CT molecular complexity index is 1040. The zero-order valence-corrected chi connectivity index (χ0v) is 17.2. The quantitative estimate of drug-likeness (QED) is 0.567.